The molecule has 2 rings (SSSR count). The first kappa shape index (κ1) is 11.0. The van der Waals surface area contributed by atoms with Gasteiger partial charge in [0.1, 0.15) is 17.8 Å². The highest BCUT2D eigenvalue weighted by Crippen LogP contribution is 2.20. The molecule has 17 heavy (non-hydrogen) atoms. The van der Waals surface area contributed by atoms with E-state index in [1.807, 2.05) is 18.2 Å². The van der Waals surface area contributed by atoms with Gasteiger partial charge >= 0.3 is 0 Å². The molecule has 0 bridgehead atoms. The number of nitro groups is 1. The van der Waals surface area contributed by atoms with Crippen LogP contribution in [0, 0.1) is 10.1 Å². The molecule has 0 aliphatic carbocycles. The molecule has 0 aliphatic heterocycles. The van der Waals surface area contributed by atoms with Gasteiger partial charge in [0.2, 0.25) is 0 Å². The molecule has 0 aliphatic rings. The van der Waals surface area contributed by atoms with Crippen molar-refractivity contribution in [1.29, 1.82) is 0 Å². The van der Waals surface area contributed by atoms with Crippen LogP contribution in [0.4, 0.5) is 17.3 Å². The zero-order valence-electron chi connectivity index (χ0n) is 9.15. The number of pyridine rings is 2. The van der Waals surface area contributed by atoms with Gasteiger partial charge in [0, 0.05) is 19.3 Å². The molecule has 2 aromatic heterocycles. The molecular weight excluding hydrogens is 220 g/mol. The highest BCUT2D eigenvalue weighted by Gasteiger charge is 2.09. The van der Waals surface area contributed by atoms with Crippen molar-refractivity contribution in [3.63, 3.8) is 0 Å². The Morgan fingerprint density at radius 1 is 1.18 bits per heavy atom. The molecule has 2 aromatic rings. The van der Waals surface area contributed by atoms with Crippen molar-refractivity contribution in [2.45, 2.75) is 0 Å². The summed E-state index contributed by atoms with van der Waals surface area (Å²) in [6.45, 7) is 0. The third-order valence-electron chi connectivity index (χ3n) is 2.28. The van der Waals surface area contributed by atoms with E-state index >= 15 is 0 Å². The largest absolute Gasteiger partial charge is 0.314 e. The van der Waals surface area contributed by atoms with Gasteiger partial charge in [-0.2, -0.15) is 0 Å². The van der Waals surface area contributed by atoms with Gasteiger partial charge in [-0.15, -0.1) is 0 Å². The van der Waals surface area contributed by atoms with E-state index in [0.29, 0.717) is 5.82 Å². The van der Waals surface area contributed by atoms with Crippen molar-refractivity contribution in [2.24, 2.45) is 0 Å². The second kappa shape index (κ2) is 4.56. The van der Waals surface area contributed by atoms with Gasteiger partial charge in [0.05, 0.1) is 4.92 Å². The maximum Gasteiger partial charge on any atom is 0.287 e. The number of aromatic nitrogens is 2. The van der Waals surface area contributed by atoms with Crippen molar-refractivity contribution >= 4 is 17.3 Å². The molecule has 0 fully saturated rings. The average molecular weight is 230 g/mol. The first-order valence-electron chi connectivity index (χ1n) is 4.93. The van der Waals surface area contributed by atoms with Crippen molar-refractivity contribution in [3.05, 3.63) is 52.8 Å². The lowest BCUT2D eigenvalue weighted by molar-refractivity contribution is -0.385. The first-order chi connectivity index (χ1) is 8.18. The normalized spacial score (nSPS) is 9.94. The first-order valence-corrected chi connectivity index (χ1v) is 4.93. The highest BCUT2D eigenvalue weighted by atomic mass is 16.6. The lowest BCUT2D eigenvalue weighted by atomic mass is 10.4. The van der Waals surface area contributed by atoms with Gasteiger partial charge in [-0.3, -0.25) is 10.1 Å². The van der Waals surface area contributed by atoms with E-state index in [-0.39, 0.29) is 5.69 Å². The Bertz CT molecular complexity index is 513. The Kier molecular flexibility index (Phi) is 2.95. The molecule has 6 heteroatoms. The molecular formula is C11H10N4O2. The second-order valence-electron chi connectivity index (χ2n) is 3.38. The number of anilines is 2. The van der Waals surface area contributed by atoms with Crippen LogP contribution >= 0.6 is 0 Å². The van der Waals surface area contributed by atoms with Crippen LogP contribution in [0.15, 0.2) is 42.7 Å². The minimum absolute atomic E-state index is 0.0248. The van der Waals surface area contributed by atoms with Gasteiger partial charge in [0.15, 0.2) is 0 Å². The lowest BCUT2D eigenvalue weighted by Crippen LogP contribution is -2.12. The van der Waals surface area contributed by atoms with Crippen molar-refractivity contribution in [3.8, 4) is 0 Å². The molecule has 86 valence electrons. The van der Waals surface area contributed by atoms with Crippen LogP contribution in [0.5, 0.6) is 0 Å². The minimum atomic E-state index is -0.475. The Morgan fingerprint density at radius 3 is 2.47 bits per heavy atom. The van der Waals surface area contributed by atoms with Crippen LogP contribution in [0.1, 0.15) is 0 Å². The van der Waals surface area contributed by atoms with Crippen LogP contribution < -0.4 is 4.90 Å². The summed E-state index contributed by atoms with van der Waals surface area (Å²) in [6, 6.07) is 8.53. The van der Waals surface area contributed by atoms with Gasteiger partial charge in [-0.05, 0) is 18.2 Å². The fraction of sp³-hybridized carbons (Fsp3) is 0.0909. The predicted molar refractivity (Wildman–Crippen MR) is 63.2 cm³/mol. The summed E-state index contributed by atoms with van der Waals surface area (Å²) in [5, 5.41) is 10.5. The molecule has 2 heterocycles. The Labute approximate surface area is 97.7 Å². The molecule has 0 atom stereocenters. The highest BCUT2D eigenvalue weighted by molar-refractivity contribution is 5.55. The van der Waals surface area contributed by atoms with Crippen LogP contribution in [0.25, 0.3) is 0 Å². The summed E-state index contributed by atoms with van der Waals surface area (Å²) in [5.74, 6) is 1.34. The molecule has 0 spiro atoms. The number of rotatable bonds is 3. The molecule has 0 saturated heterocycles. The summed E-state index contributed by atoms with van der Waals surface area (Å²) in [6.07, 6.45) is 2.91. The van der Waals surface area contributed by atoms with Crippen LogP contribution in [0.3, 0.4) is 0 Å². The summed E-state index contributed by atoms with van der Waals surface area (Å²) in [5.41, 5.74) is -0.0248. The molecule has 0 amide bonds. The van der Waals surface area contributed by atoms with Gasteiger partial charge < -0.3 is 4.90 Å². The van der Waals surface area contributed by atoms with Crippen molar-refractivity contribution in [2.75, 3.05) is 11.9 Å². The fourth-order valence-corrected chi connectivity index (χ4v) is 1.35. The van der Waals surface area contributed by atoms with E-state index in [4.69, 9.17) is 0 Å². The van der Waals surface area contributed by atoms with Crippen molar-refractivity contribution in [1.82, 2.24) is 9.97 Å². The molecule has 0 aromatic carbocycles. The van der Waals surface area contributed by atoms with Crippen LogP contribution in [-0.4, -0.2) is 21.9 Å². The van der Waals surface area contributed by atoms with Crippen LogP contribution in [-0.2, 0) is 0 Å². The fourth-order valence-electron chi connectivity index (χ4n) is 1.35. The molecule has 6 nitrogen and oxygen atoms in total. The number of hydrogen-bond acceptors (Lipinski definition) is 5. The molecule has 0 unspecified atom stereocenters. The van der Waals surface area contributed by atoms with Gasteiger partial charge in [-0.1, -0.05) is 6.07 Å². The number of nitrogens with zero attached hydrogens (tertiary/aromatic N) is 4. The summed E-state index contributed by atoms with van der Waals surface area (Å²) in [7, 11) is 1.80. The second-order valence-corrected chi connectivity index (χ2v) is 3.38. The van der Waals surface area contributed by atoms with E-state index in [9.17, 15) is 10.1 Å². The predicted octanol–water partition coefficient (Wildman–Crippen LogP) is 2.15. The Balaban J connectivity index is 2.26. The van der Waals surface area contributed by atoms with E-state index < -0.39 is 4.92 Å². The SMILES string of the molecule is CN(c1ccccn1)c1ccc([N+](=O)[O-])cn1. The van der Waals surface area contributed by atoms with Crippen LogP contribution in [0.2, 0.25) is 0 Å². The van der Waals surface area contributed by atoms with E-state index in [2.05, 4.69) is 9.97 Å². The summed E-state index contributed by atoms with van der Waals surface area (Å²) in [4.78, 5) is 20.0. The van der Waals surface area contributed by atoms with Crippen molar-refractivity contribution < 1.29 is 4.92 Å². The maximum atomic E-state index is 10.5. The average Bonchev–Trinajstić information content (AvgIpc) is 2.39. The smallest absolute Gasteiger partial charge is 0.287 e. The maximum absolute atomic E-state index is 10.5. The van der Waals surface area contributed by atoms with E-state index in [0.717, 1.165) is 5.82 Å². The van der Waals surface area contributed by atoms with Gasteiger partial charge in [-0.25, -0.2) is 9.97 Å². The topological polar surface area (TPSA) is 72.2 Å². The third-order valence-corrected chi connectivity index (χ3v) is 2.28. The summed E-state index contributed by atoms with van der Waals surface area (Å²) >= 11 is 0. The Hall–Kier alpha value is -2.50. The molecule has 0 radical (unpaired) electrons. The lowest BCUT2D eigenvalue weighted by Gasteiger charge is -2.16. The van der Waals surface area contributed by atoms with E-state index in [1.54, 1.807) is 24.2 Å². The minimum Gasteiger partial charge on any atom is -0.314 e. The van der Waals surface area contributed by atoms with Gasteiger partial charge in [0.25, 0.3) is 5.69 Å². The zero-order valence-corrected chi connectivity index (χ0v) is 9.15. The Morgan fingerprint density at radius 2 is 1.94 bits per heavy atom. The number of hydrogen-bond donors (Lipinski definition) is 0. The summed E-state index contributed by atoms with van der Waals surface area (Å²) < 4.78 is 0. The standard InChI is InChI=1S/C11H10N4O2/c1-14(10-4-2-3-7-12-10)11-6-5-9(8-13-11)15(16)17/h2-8H,1H3. The quantitative estimate of drug-likeness (QED) is 0.596. The van der Waals surface area contributed by atoms with E-state index in [1.165, 1.54) is 12.3 Å². The molecule has 0 N–H and O–H groups in total. The third kappa shape index (κ3) is 2.36. The monoisotopic (exact) mass is 230 g/mol. The molecule has 0 saturated carbocycles. The zero-order chi connectivity index (χ0) is 12.3.